The van der Waals surface area contributed by atoms with Crippen molar-refractivity contribution in [1.82, 2.24) is 30.8 Å². The summed E-state index contributed by atoms with van der Waals surface area (Å²) in [7, 11) is 0. The molecule has 3 heterocycles. The van der Waals surface area contributed by atoms with Crippen LogP contribution in [-0.2, 0) is 20.9 Å². The number of hydroxylamine groups is 2. The molecule has 4 amide bonds. The summed E-state index contributed by atoms with van der Waals surface area (Å²) in [6.45, 7) is 11.3. The summed E-state index contributed by atoms with van der Waals surface area (Å²) in [5.74, 6) is 0.763. The molecule has 238 valence electrons. The number of aromatic nitrogens is 2. The number of carbonyl (C=O) groups excluding carboxylic acids is 3. The summed E-state index contributed by atoms with van der Waals surface area (Å²) >= 11 is 0. The summed E-state index contributed by atoms with van der Waals surface area (Å²) in [4.78, 5) is 50.1. The molecule has 1 saturated carbocycles. The molecule has 3 aliphatic rings. The van der Waals surface area contributed by atoms with E-state index >= 15 is 0 Å². The van der Waals surface area contributed by atoms with E-state index in [2.05, 4.69) is 25.8 Å². The molecule has 44 heavy (non-hydrogen) atoms. The minimum Gasteiger partial charge on any atom is -0.444 e. The number of hydrogen-bond acceptors (Lipinski definition) is 10. The van der Waals surface area contributed by atoms with Gasteiger partial charge in [0.1, 0.15) is 23.9 Å². The number of fused-ring (bicyclic) bond motifs is 2. The number of piperidine rings is 1. The first kappa shape index (κ1) is 31.2. The van der Waals surface area contributed by atoms with Crippen molar-refractivity contribution >= 4 is 24.2 Å². The predicted molar refractivity (Wildman–Crippen MR) is 157 cm³/mol. The quantitative estimate of drug-likeness (QED) is 0.346. The second kappa shape index (κ2) is 12.4. The van der Waals surface area contributed by atoms with Crippen molar-refractivity contribution in [2.75, 3.05) is 6.54 Å². The normalized spacial score (nSPS) is 23.1. The van der Waals surface area contributed by atoms with Gasteiger partial charge in [-0.15, -0.1) is 10.2 Å². The Morgan fingerprint density at radius 1 is 0.955 bits per heavy atom. The number of benzene rings is 1. The Morgan fingerprint density at radius 3 is 2.18 bits per heavy atom. The van der Waals surface area contributed by atoms with E-state index in [0.29, 0.717) is 44.2 Å². The van der Waals surface area contributed by atoms with E-state index in [1.165, 1.54) is 5.06 Å². The Balaban J connectivity index is 1.18. The zero-order valence-electron chi connectivity index (χ0n) is 26.0. The van der Waals surface area contributed by atoms with Gasteiger partial charge in [0.2, 0.25) is 17.7 Å². The maximum absolute atomic E-state index is 13.2. The summed E-state index contributed by atoms with van der Waals surface area (Å²) < 4.78 is 16.7. The zero-order chi connectivity index (χ0) is 31.6. The lowest BCUT2D eigenvalue weighted by Crippen LogP contribution is -2.48. The van der Waals surface area contributed by atoms with Gasteiger partial charge in [0, 0.05) is 12.5 Å². The lowest BCUT2D eigenvalue weighted by Gasteiger charge is -2.31. The van der Waals surface area contributed by atoms with E-state index in [1.807, 2.05) is 30.3 Å². The molecule has 2 aliphatic heterocycles. The number of guanidine groups is 1. The van der Waals surface area contributed by atoms with E-state index in [9.17, 15) is 14.4 Å². The second-order valence-corrected chi connectivity index (χ2v) is 13.3. The molecule has 3 fully saturated rings. The smallest absolute Gasteiger partial charge is 0.414 e. The second-order valence-electron chi connectivity index (χ2n) is 13.3. The molecule has 1 aromatic heterocycles. The highest BCUT2D eigenvalue weighted by atomic mass is 16.7. The van der Waals surface area contributed by atoms with E-state index in [1.54, 1.807) is 46.4 Å². The maximum Gasteiger partial charge on any atom is 0.414 e. The van der Waals surface area contributed by atoms with Crippen molar-refractivity contribution in [3.05, 3.63) is 47.7 Å². The molecular weight excluding hydrogens is 570 g/mol. The molecule has 2 saturated heterocycles. The number of nitrogens with one attached hydrogen (secondary N) is 2. The van der Waals surface area contributed by atoms with Crippen molar-refractivity contribution in [2.24, 2.45) is 4.99 Å². The first-order chi connectivity index (χ1) is 20.7. The molecule has 14 nitrogen and oxygen atoms in total. The average Bonchev–Trinajstić information content (AvgIpc) is 3.46. The average molecular weight is 612 g/mol. The standard InChI is InChI=1S/C30H41N7O7/c1-29(2,3)43-26(38)32-25(33-27(39)44-30(4,5)6)31-20-14-19(15-20)23-34-35-24(42-23)22-13-12-21-16-36(22)28(40)37(21)41-17-18-10-8-7-9-11-18/h7-11,19-22H,12-17H2,1-6H3,(H2,31,32,33,38,39). The number of carbonyl (C=O) groups is 3. The molecule has 5 rings (SSSR count). The van der Waals surface area contributed by atoms with Crippen molar-refractivity contribution in [2.45, 2.75) is 109 Å². The highest BCUT2D eigenvalue weighted by molar-refractivity contribution is 6.01. The molecule has 0 radical (unpaired) electrons. The van der Waals surface area contributed by atoms with Gasteiger partial charge in [-0.1, -0.05) is 30.3 Å². The van der Waals surface area contributed by atoms with Crippen LogP contribution >= 0.6 is 0 Å². The molecule has 2 N–H and O–H groups in total. The van der Waals surface area contributed by atoms with E-state index in [-0.39, 0.29) is 36.0 Å². The number of ether oxygens (including phenoxy) is 2. The maximum atomic E-state index is 13.2. The van der Waals surface area contributed by atoms with Crippen LogP contribution in [0.3, 0.4) is 0 Å². The van der Waals surface area contributed by atoms with Crippen LogP contribution in [0.15, 0.2) is 39.7 Å². The molecule has 2 aromatic rings. The van der Waals surface area contributed by atoms with Gasteiger partial charge in [-0.3, -0.25) is 15.5 Å². The van der Waals surface area contributed by atoms with E-state index in [4.69, 9.17) is 18.7 Å². The van der Waals surface area contributed by atoms with E-state index < -0.39 is 23.4 Å². The highest BCUT2D eigenvalue weighted by Gasteiger charge is 2.48. The Morgan fingerprint density at radius 2 is 1.57 bits per heavy atom. The van der Waals surface area contributed by atoms with Crippen LogP contribution in [0, 0.1) is 0 Å². The molecule has 0 spiro atoms. The van der Waals surface area contributed by atoms with Crippen LogP contribution in [-0.4, -0.2) is 74.2 Å². The number of urea groups is 1. The van der Waals surface area contributed by atoms with Gasteiger partial charge < -0.3 is 18.8 Å². The van der Waals surface area contributed by atoms with Crippen LogP contribution in [0.5, 0.6) is 0 Å². The van der Waals surface area contributed by atoms with Crippen molar-refractivity contribution in [1.29, 1.82) is 0 Å². The van der Waals surface area contributed by atoms with Gasteiger partial charge in [-0.25, -0.2) is 19.4 Å². The Kier molecular flexibility index (Phi) is 8.82. The topological polar surface area (TPSA) is 161 Å². The summed E-state index contributed by atoms with van der Waals surface area (Å²) in [5.41, 5.74) is -0.471. The van der Waals surface area contributed by atoms with Crippen LogP contribution in [0.2, 0.25) is 0 Å². The molecule has 2 bridgehead atoms. The predicted octanol–water partition coefficient (Wildman–Crippen LogP) is 4.79. The van der Waals surface area contributed by atoms with Gasteiger partial charge in [-0.05, 0) is 72.8 Å². The summed E-state index contributed by atoms with van der Waals surface area (Å²) in [6, 6.07) is 8.98. The number of alkyl carbamates (subject to hydrolysis) is 2. The van der Waals surface area contributed by atoms with Gasteiger partial charge in [0.25, 0.3) is 0 Å². The minimum atomic E-state index is -0.750. The third kappa shape index (κ3) is 7.84. The largest absolute Gasteiger partial charge is 0.444 e. The fourth-order valence-corrected chi connectivity index (χ4v) is 5.29. The van der Waals surface area contributed by atoms with Gasteiger partial charge in [0.15, 0.2) is 0 Å². The first-order valence-electron chi connectivity index (χ1n) is 14.9. The number of aliphatic imine (C=N–C) groups is 1. The number of nitrogens with zero attached hydrogens (tertiary/aromatic N) is 5. The molecule has 1 aromatic carbocycles. The van der Waals surface area contributed by atoms with Crippen LogP contribution in [0.1, 0.15) is 96.5 Å². The molecule has 2 unspecified atom stereocenters. The number of hydrogen-bond donors (Lipinski definition) is 2. The molecular formula is C30H41N7O7. The monoisotopic (exact) mass is 611 g/mol. The highest BCUT2D eigenvalue weighted by Crippen LogP contribution is 2.41. The Labute approximate surface area is 256 Å². The lowest BCUT2D eigenvalue weighted by molar-refractivity contribution is -0.140. The van der Waals surface area contributed by atoms with Crippen LogP contribution in [0.4, 0.5) is 14.4 Å². The van der Waals surface area contributed by atoms with Gasteiger partial charge in [-0.2, -0.15) is 5.06 Å². The SMILES string of the molecule is CC(C)(C)OC(=O)NC(=NC1CC(c2nnc(C3CCC4CN3C(=O)N4OCc3ccccc3)o2)C1)NC(=O)OC(C)(C)C. The van der Waals surface area contributed by atoms with Gasteiger partial charge in [0.05, 0.1) is 12.1 Å². The summed E-state index contributed by atoms with van der Waals surface area (Å²) in [6.07, 6.45) is 1.08. The number of rotatable bonds is 6. The number of amides is 4. The van der Waals surface area contributed by atoms with Crippen molar-refractivity contribution < 1.29 is 33.1 Å². The molecule has 14 heteroatoms. The van der Waals surface area contributed by atoms with Crippen LogP contribution < -0.4 is 10.6 Å². The fourth-order valence-electron chi connectivity index (χ4n) is 5.29. The fraction of sp³-hybridized carbons (Fsp3) is 0.600. The van der Waals surface area contributed by atoms with Crippen molar-refractivity contribution in [3.63, 3.8) is 0 Å². The molecule has 2 atom stereocenters. The third-order valence-corrected chi connectivity index (χ3v) is 7.29. The first-order valence-corrected chi connectivity index (χ1v) is 14.9. The van der Waals surface area contributed by atoms with E-state index in [0.717, 1.165) is 12.0 Å². The minimum absolute atomic E-state index is 0.0205. The van der Waals surface area contributed by atoms with Crippen LogP contribution in [0.25, 0.3) is 0 Å². The van der Waals surface area contributed by atoms with Crippen molar-refractivity contribution in [3.8, 4) is 0 Å². The Hall–Kier alpha value is -4.20. The molecule has 1 aliphatic carbocycles. The third-order valence-electron chi connectivity index (χ3n) is 7.29. The van der Waals surface area contributed by atoms with Gasteiger partial charge >= 0.3 is 18.2 Å². The lowest BCUT2D eigenvalue weighted by atomic mass is 9.80. The Bertz CT molecular complexity index is 1340. The summed E-state index contributed by atoms with van der Waals surface area (Å²) in [5, 5.41) is 15.1. The zero-order valence-corrected chi connectivity index (χ0v) is 26.0.